The van der Waals surface area contributed by atoms with Crippen LogP contribution in [0.4, 0.5) is 11.4 Å². The van der Waals surface area contributed by atoms with Gasteiger partial charge in [0.05, 0.1) is 16.5 Å². The van der Waals surface area contributed by atoms with E-state index in [0.717, 1.165) is 43.1 Å². The first-order valence-electron chi connectivity index (χ1n) is 10.0. The Balaban J connectivity index is 1.51. The normalized spacial score (nSPS) is 14.3. The third-order valence-electron chi connectivity index (χ3n) is 5.36. The van der Waals surface area contributed by atoms with Gasteiger partial charge in [0.2, 0.25) is 10.0 Å². The molecule has 2 aromatic carbocycles. The number of nitrogens with one attached hydrogen (secondary N) is 1. The van der Waals surface area contributed by atoms with E-state index >= 15 is 0 Å². The average molecular weight is 434 g/mol. The quantitative estimate of drug-likeness (QED) is 0.643. The van der Waals surface area contributed by atoms with E-state index in [0.29, 0.717) is 5.56 Å². The van der Waals surface area contributed by atoms with Gasteiger partial charge in [-0.1, -0.05) is 18.2 Å². The Labute approximate surface area is 182 Å². The number of rotatable bonds is 6. The van der Waals surface area contributed by atoms with Crippen LogP contribution >= 0.6 is 0 Å². The summed E-state index contributed by atoms with van der Waals surface area (Å²) in [5.74, 6) is 0. The van der Waals surface area contributed by atoms with Crippen LogP contribution < -0.4 is 14.5 Å². The maximum atomic E-state index is 12.6. The van der Waals surface area contributed by atoms with Crippen LogP contribution in [-0.4, -0.2) is 39.6 Å². The highest BCUT2D eigenvalue weighted by atomic mass is 32.2. The molecule has 0 radical (unpaired) electrons. The SMILES string of the molecule is N#Cc1ccc(N2CCN(c3ccncc3)CC2)c(CNS(=O)(=O)c2ccccc2)c1. The van der Waals surface area contributed by atoms with Crippen molar-refractivity contribution in [2.75, 3.05) is 36.0 Å². The third kappa shape index (κ3) is 4.85. The number of piperazine rings is 1. The summed E-state index contributed by atoms with van der Waals surface area (Å²) >= 11 is 0. The largest absolute Gasteiger partial charge is 0.368 e. The summed E-state index contributed by atoms with van der Waals surface area (Å²) in [5, 5.41) is 9.32. The Kier molecular flexibility index (Phi) is 6.16. The summed E-state index contributed by atoms with van der Waals surface area (Å²) in [4.78, 5) is 8.84. The van der Waals surface area contributed by atoms with Gasteiger partial charge < -0.3 is 9.80 Å². The van der Waals surface area contributed by atoms with E-state index in [1.807, 2.05) is 18.2 Å². The molecule has 0 spiro atoms. The molecule has 0 bridgehead atoms. The highest BCUT2D eigenvalue weighted by Crippen LogP contribution is 2.25. The number of hydrogen-bond donors (Lipinski definition) is 1. The average Bonchev–Trinajstić information content (AvgIpc) is 2.84. The van der Waals surface area contributed by atoms with Crippen molar-refractivity contribution in [1.82, 2.24) is 9.71 Å². The zero-order chi connectivity index (χ0) is 21.7. The number of benzene rings is 2. The maximum absolute atomic E-state index is 12.6. The lowest BCUT2D eigenvalue weighted by Gasteiger charge is -2.38. The molecule has 3 aromatic rings. The summed E-state index contributed by atoms with van der Waals surface area (Å²) < 4.78 is 28.0. The van der Waals surface area contributed by atoms with E-state index in [1.165, 1.54) is 0 Å². The molecule has 0 aliphatic carbocycles. The van der Waals surface area contributed by atoms with Crippen LogP contribution in [0.5, 0.6) is 0 Å². The topological polar surface area (TPSA) is 89.3 Å². The van der Waals surface area contributed by atoms with Crippen molar-refractivity contribution in [2.24, 2.45) is 0 Å². The minimum absolute atomic E-state index is 0.118. The lowest BCUT2D eigenvalue weighted by atomic mass is 10.1. The van der Waals surface area contributed by atoms with Crippen LogP contribution in [0.1, 0.15) is 11.1 Å². The number of aromatic nitrogens is 1. The second-order valence-corrected chi connectivity index (χ2v) is 9.04. The molecule has 0 unspecified atom stereocenters. The first kappa shape index (κ1) is 20.8. The number of anilines is 2. The first-order chi connectivity index (χ1) is 15.1. The van der Waals surface area contributed by atoms with Gasteiger partial charge in [0.1, 0.15) is 0 Å². The van der Waals surface area contributed by atoms with Crippen molar-refractivity contribution in [3.05, 3.63) is 84.2 Å². The molecule has 1 aromatic heterocycles. The zero-order valence-corrected chi connectivity index (χ0v) is 17.8. The zero-order valence-electron chi connectivity index (χ0n) is 17.0. The second-order valence-electron chi connectivity index (χ2n) is 7.27. The number of pyridine rings is 1. The molecular formula is C23H23N5O2S. The molecule has 0 atom stereocenters. The minimum Gasteiger partial charge on any atom is -0.368 e. The van der Waals surface area contributed by atoms with Crippen LogP contribution in [0.25, 0.3) is 0 Å². The van der Waals surface area contributed by atoms with Gasteiger partial charge in [-0.2, -0.15) is 5.26 Å². The van der Waals surface area contributed by atoms with Crippen molar-refractivity contribution >= 4 is 21.4 Å². The van der Waals surface area contributed by atoms with E-state index in [9.17, 15) is 13.7 Å². The Morgan fingerprint density at radius 1 is 0.935 bits per heavy atom. The molecule has 31 heavy (non-hydrogen) atoms. The Bertz CT molecular complexity index is 1170. The van der Waals surface area contributed by atoms with Crippen LogP contribution in [0, 0.1) is 11.3 Å². The molecule has 1 fully saturated rings. The molecule has 0 amide bonds. The summed E-state index contributed by atoms with van der Waals surface area (Å²) in [7, 11) is -3.64. The minimum atomic E-state index is -3.64. The maximum Gasteiger partial charge on any atom is 0.240 e. The van der Waals surface area contributed by atoms with E-state index in [2.05, 4.69) is 25.6 Å². The van der Waals surface area contributed by atoms with Crippen LogP contribution in [0.3, 0.4) is 0 Å². The first-order valence-corrected chi connectivity index (χ1v) is 11.5. The van der Waals surface area contributed by atoms with E-state index < -0.39 is 10.0 Å². The van der Waals surface area contributed by atoms with Crippen molar-refractivity contribution < 1.29 is 8.42 Å². The molecular weight excluding hydrogens is 410 g/mol. The molecule has 1 N–H and O–H groups in total. The van der Waals surface area contributed by atoms with Crippen LogP contribution in [-0.2, 0) is 16.6 Å². The number of sulfonamides is 1. The van der Waals surface area contributed by atoms with E-state index in [4.69, 9.17) is 0 Å². The van der Waals surface area contributed by atoms with Crippen LogP contribution in [0.2, 0.25) is 0 Å². The van der Waals surface area contributed by atoms with Crippen LogP contribution in [0.15, 0.2) is 78.0 Å². The van der Waals surface area contributed by atoms with Gasteiger partial charge in [-0.3, -0.25) is 4.98 Å². The molecule has 1 aliphatic rings. The molecule has 0 saturated carbocycles. The van der Waals surface area contributed by atoms with Crippen molar-refractivity contribution in [3.8, 4) is 6.07 Å². The summed E-state index contributed by atoms with van der Waals surface area (Å²) in [6.45, 7) is 3.41. The molecule has 158 valence electrons. The summed E-state index contributed by atoms with van der Waals surface area (Å²) in [5.41, 5.74) is 3.39. The van der Waals surface area contributed by atoms with Gasteiger partial charge >= 0.3 is 0 Å². The fourth-order valence-corrected chi connectivity index (χ4v) is 4.75. The second kappa shape index (κ2) is 9.16. The Morgan fingerprint density at radius 3 is 2.29 bits per heavy atom. The molecule has 2 heterocycles. The highest BCUT2D eigenvalue weighted by Gasteiger charge is 2.21. The lowest BCUT2D eigenvalue weighted by Crippen LogP contribution is -2.47. The molecule has 1 saturated heterocycles. The predicted octanol–water partition coefficient (Wildman–Crippen LogP) is 2.76. The van der Waals surface area contributed by atoms with Gasteiger partial charge in [0.15, 0.2) is 0 Å². The summed E-state index contributed by atoms with van der Waals surface area (Å²) in [6.07, 6.45) is 3.58. The van der Waals surface area contributed by atoms with Gasteiger partial charge in [-0.25, -0.2) is 13.1 Å². The van der Waals surface area contributed by atoms with E-state index in [1.54, 1.807) is 54.9 Å². The van der Waals surface area contributed by atoms with Crippen molar-refractivity contribution in [3.63, 3.8) is 0 Å². The Morgan fingerprint density at radius 2 is 1.61 bits per heavy atom. The van der Waals surface area contributed by atoms with Crippen molar-refractivity contribution in [1.29, 1.82) is 5.26 Å². The fraction of sp³-hybridized carbons (Fsp3) is 0.217. The van der Waals surface area contributed by atoms with Gasteiger partial charge in [0.25, 0.3) is 0 Å². The summed E-state index contributed by atoms with van der Waals surface area (Å²) in [6, 6.07) is 19.9. The van der Waals surface area contributed by atoms with Crippen molar-refractivity contribution in [2.45, 2.75) is 11.4 Å². The predicted molar refractivity (Wildman–Crippen MR) is 120 cm³/mol. The Hall–Kier alpha value is -3.41. The number of nitrogens with zero attached hydrogens (tertiary/aromatic N) is 4. The lowest BCUT2D eigenvalue weighted by molar-refractivity contribution is 0.581. The molecule has 7 nitrogen and oxygen atoms in total. The monoisotopic (exact) mass is 433 g/mol. The van der Waals surface area contributed by atoms with Gasteiger partial charge in [-0.05, 0) is 48.0 Å². The number of hydrogen-bond acceptors (Lipinski definition) is 6. The standard InChI is InChI=1S/C23H23N5O2S/c24-17-19-6-7-23(28-14-12-27(13-15-28)21-8-10-25-11-9-21)20(16-19)18-26-31(29,30)22-4-2-1-3-5-22/h1-11,16,26H,12-15,18H2. The van der Waals surface area contributed by atoms with Gasteiger partial charge in [0, 0.05) is 56.5 Å². The molecule has 8 heteroatoms. The smallest absolute Gasteiger partial charge is 0.240 e. The molecule has 4 rings (SSSR count). The number of nitriles is 1. The van der Waals surface area contributed by atoms with E-state index in [-0.39, 0.29) is 11.4 Å². The third-order valence-corrected chi connectivity index (χ3v) is 6.78. The fourth-order valence-electron chi connectivity index (χ4n) is 3.72. The van der Waals surface area contributed by atoms with Gasteiger partial charge in [-0.15, -0.1) is 0 Å². The molecule has 1 aliphatic heterocycles. The highest BCUT2D eigenvalue weighted by molar-refractivity contribution is 7.89.